The number of hydrogen-bond donors (Lipinski definition) is 1. The molecule has 0 bridgehead atoms. The number of likely N-dealkylation sites (N-methyl/N-ethyl adjacent to an activating group) is 1. The zero-order valence-corrected chi connectivity index (χ0v) is 13.6. The van der Waals surface area contributed by atoms with Gasteiger partial charge in [-0.1, -0.05) is 35.9 Å². The van der Waals surface area contributed by atoms with E-state index in [2.05, 4.69) is 35.6 Å². The minimum atomic E-state index is 0.226. The summed E-state index contributed by atoms with van der Waals surface area (Å²) < 4.78 is 1.24. The maximum Gasteiger partial charge on any atom is 0.0957 e. The summed E-state index contributed by atoms with van der Waals surface area (Å²) in [6, 6.07) is 14.7. The van der Waals surface area contributed by atoms with E-state index >= 15 is 0 Å². The molecule has 0 fully saturated rings. The molecule has 2 nitrogen and oxygen atoms in total. The van der Waals surface area contributed by atoms with Crippen molar-refractivity contribution in [2.75, 3.05) is 7.05 Å². The normalized spacial score (nSPS) is 12.7. The third kappa shape index (κ3) is 3.10. The summed E-state index contributed by atoms with van der Waals surface area (Å²) in [5.74, 6) is 0. The number of thiazole rings is 1. The summed E-state index contributed by atoms with van der Waals surface area (Å²) in [5, 5.41) is 5.33. The average molecular weight is 317 g/mol. The van der Waals surface area contributed by atoms with Gasteiger partial charge in [-0.05, 0) is 43.3 Å². The highest BCUT2D eigenvalue weighted by Gasteiger charge is 2.14. The van der Waals surface area contributed by atoms with E-state index in [0.717, 1.165) is 27.5 Å². The lowest BCUT2D eigenvalue weighted by Crippen LogP contribution is -2.18. The molecule has 108 valence electrons. The van der Waals surface area contributed by atoms with Crippen LogP contribution in [0.25, 0.3) is 10.2 Å². The Bertz CT molecular complexity index is 733. The number of para-hydroxylation sites is 1. The Kier molecular flexibility index (Phi) is 4.24. The monoisotopic (exact) mass is 316 g/mol. The van der Waals surface area contributed by atoms with Crippen LogP contribution in [0.1, 0.15) is 22.2 Å². The predicted molar refractivity (Wildman–Crippen MR) is 91.3 cm³/mol. The van der Waals surface area contributed by atoms with E-state index < -0.39 is 0 Å². The van der Waals surface area contributed by atoms with Gasteiger partial charge in [-0.15, -0.1) is 11.3 Å². The van der Waals surface area contributed by atoms with Crippen molar-refractivity contribution >= 4 is 33.2 Å². The molecule has 0 aliphatic carbocycles. The summed E-state index contributed by atoms with van der Waals surface area (Å²) in [7, 11) is 1.98. The SMILES string of the molecule is CNC(Cc1nc2ccccc2s1)c1ccc(C)c(Cl)c1. The fourth-order valence-electron chi connectivity index (χ4n) is 2.39. The van der Waals surface area contributed by atoms with Gasteiger partial charge < -0.3 is 5.32 Å². The van der Waals surface area contributed by atoms with Gasteiger partial charge in [0.15, 0.2) is 0 Å². The number of nitrogens with zero attached hydrogens (tertiary/aromatic N) is 1. The van der Waals surface area contributed by atoms with Gasteiger partial charge in [-0.2, -0.15) is 0 Å². The van der Waals surface area contributed by atoms with Crippen LogP contribution in [0.2, 0.25) is 5.02 Å². The van der Waals surface area contributed by atoms with E-state index in [1.807, 2.05) is 26.1 Å². The standard InChI is InChI=1S/C17H17ClN2S/c1-11-7-8-12(9-13(11)18)15(19-2)10-17-20-14-5-3-4-6-16(14)21-17/h3-9,15,19H,10H2,1-2H3. The molecule has 1 unspecified atom stereocenters. The van der Waals surface area contributed by atoms with E-state index in [1.165, 1.54) is 10.3 Å². The number of hydrogen-bond acceptors (Lipinski definition) is 3. The van der Waals surface area contributed by atoms with Crippen molar-refractivity contribution in [3.05, 3.63) is 63.6 Å². The minimum absolute atomic E-state index is 0.226. The second-order valence-corrected chi connectivity index (χ2v) is 6.65. The molecule has 4 heteroatoms. The molecule has 1 heterocycles. The first-order valence-corrected chi connectivity index (χ1v) is 8.14. The zero-order chi connectivity index (χ0) is 14.8. The fraction of sp³-hybridized carbons (Fsp3) is 0.235. The molecule has 0 radical (unpaired) electrons. The van der Waals surface area contributed by atoms with Gasteiger partial charge in [-0.25, -0.2) is 4.98 Å². The molecule has 0 saturated carbocycles. The van der Waals surface area contributed by atoms with E-state index in [1.54, 1.807) is 11.3 Å². The molecule has 1 atom stereocenters. The summed E-state index contributed by atoms with van der Waals surface area (Å²) >= 11 is 8.00. The van der Waals surface area contributed by atoms with E-state index in [9.17, 15) is 0 Å². The Morgan fingerprint density at radius 3 is 2.76 bits per heavy atom. The molecule has 0 spiro atoms. The van der Waals surface area contributed by atoms with E-state index in [0.29, 0.717) is 0 Å². The van der Waals surface area contributed by atoms with Crippen LogP contribution in [0.5, 0.6) is 0 Å². The number of fused-ring (bicyclic) bond motifs is 1. The van der Waals surface area contributed by atoms with Crippen LogP contribution in [-0.4, -0.2) is 12.0 Å². The van der Waals surface area contributed by atoms with Crippen molar-refractivity contribution in [3.63, 3.8) is 0 Å². The highest BCUT2D eigenvalue weighted by molar-refractivity contribution is 7.18. The number of aromatic nitrogens is 1. The van der Waals surface area contributed by atoms with Crippen LogP contribution in [0, 0.1) is 6.92 Å². The number of halogens is 1. The van der Waals surface area contributed by atoms with Crippen LogP contribution in [0.15, 0.2) is 42.5 Å². The van der Waals surface area contributed by atoms with Crippen molar-refractivity contribution in [2.24, 2.45) is 0 Å². The number of aryl methyl sites for hydroxylation is 1. The van der Waals surface area contributed by atoms with Crippen LogP contribution < -0.4 is 5.32 Å². The van der Waals surface area contributed by atoms with Gasteiger partial charge in [0.2, 0.25) is 0 Å². The van der Waals surface area contributed by atoms with Gasteiger partial charge in [0.05, 0.1) is 15.2 Å². The Hall–Kier alpha value is -1.42. The van der Waals surface area contributed by atoms with Crippen molar-refractivity contribution in [3.8, 4) is 0 Å². The van der Waals surface area contributed by atoms with E-state index in [-0.39, 0.29) is 6.04 Å². The molecule has 0 saturated heterocycles. The highest BCUT2D eigenvalue weighted by atomic mass is 35.5. The average Bonchev–Trinajstić information content (AvgIpc) is 2.90. The molecule has 0 amide bonds. The first-order chi connectivity index (χ1) is 10.2. The van der Waals surface area contributed by atoms with Crippen molar-refractivity contribution in [2.45, 2.75) is 19.4 Å². The van der Waals surface area contributed by atoms with Crippen molar-refractivity contribution in [1.82, 2.24) is 10.3 Å². The summed E-state index contributed by atoms with van der Waals surface area (Å²) in [6.45, 7) is 2.02. The summed E-state index contributed by atoms with van der Waals surface area (Å²) in [5.41, 5.74) is 3.39. The Morgan fingerprint density at radius 1 is 1.24 bits per heavy atom. The van der Waals surface area contributed by atoms with E-state index in [4.69, 9.17) is 16.6 Å². The lowest BCUT2D eigenvalue weighted by molar-refractivity contribution is 0.591. The zero-order valence-electron chi connectivity index (χ0n) is 12.1. The molecule has 2 aromatic carbocycles. The molecular formula is C17H17ClN2S. The van der Waals surface area contributed by atoms with Crippen molar-refractivity contribution in [1.29, 1.82) is 0 Å². The van der Waals surface area contributed by atoms with Gasteiger partial charge in [-0.3, -0.25) is 0 Å². The number of benzene rings is 2. The lowest BCUT2D eigenvalue weighted by atomic mass is 10.0. The summed E-state index contributed by atoms with van der Waals surface area (Å²) in [6.07, 6.45) is 0.870. The van der Waals surface area contributed by atoms with Crippen LogP contribution >= 0.6 is 22.9 Å². The Balaban J connectivity index is 1.88. The smallest absolute Gasteiger partial charge is 0.0957 e. The largest absolute Gasteiger partial charge is 0.313 e. The predicted octanol–water partition coefficient (Wildman–Crippen LogP) is 4.76. The fourth-order valence-corrected chi connectivity index (χ4v) is 3.60. The molecule has 1 aromatic heterocycles. The van der Waals surface area contributed by atoms with Crippen LogP contribution in [-0.2, 0) is 6.42 Å². The Morgan fingerprint density at radius 2 is 2.05 bits per heavy atom. The first-order valence-electron chi connectivity index (χ1n) is 6.95. The molecule has 0 aliphatic heterocycles. The highest BCUT2D eigenvalue weighted by Crippen LogP contribution is 2.27. The Labute approximate surface area is 133 Å². The van der Waals surface area contributed by atoms with Gasteiger partial charge in [0, 0.05) is 17.5 Å². The maximum atomic E-state index is 6.24. The molecule has 3 aromatic rings. The van der Waals surface area contributed by atoms with Crippen LogP contribution in [0.4, 0.5) is 0 Å². The third-order valence-corrected chi connectivity index (χ3v) is 5.13. The molecule has 0 aliphatic rings. The van der Waals surface area contributed by atoms with Gasteiger partial charge >= 0.3 is 0 Å². The topological polar surface area (TPSA) is 24.9 Å². The van der Waals surface area contributed by atoms with Crippen LogP contribution in [0.3, 0.4) is 0 Å². The van der Waals surface area contributed by atoms with Crippen molar-refractivity contribution < 1.29 is 0 Å². The third-order valence-electron chi connectivity index (χ3n) is 3.66. The molecular weight excluding hydrogens is 300 g/mol. The van der Waals surface area contributed by atoms with Gasteiger partial charge in [0.1, 0.15) is 0 Å². The summed E-state index contributed by atoms with van der Waals surface area (Å²) in [4.78, 5) is 4.71. The molecule has 3 rings (SSSR count). The molecule has 21 heavy (non-hydrogen) atoms. The quantitative estimate of drug-likeness (QED) is 0.750. The first kappa shape index (κ1) is 14.5. The molecule has 1 N–H and O–H groups in total. The number of nitrogens with one attached hydrogen (secondary N) is 1. The lowest BCUT2D eigenvalue weighted by Gasteiger charge is -2.16. The minimum Gasteiger partial charge on any atom is -0.313 e. The second-order valence-electron chi connectivity index (χ2n) is 5.13. The maximum absolute atomic E-state index is 6.24. The number of rotatable bonds is 4. The van der Waals surface area contributed by atoms with Gasteiger partial charge in [0.25, 0.3) is 0 Å². The second kappa shape index (κ2) is 6.14.